The summed E-state index contributed by atoms with van der Waals surface area (Å²) in [5.74, 6) is -0.488. The largest absolute Gasteiger partial charge is 0.481 e. The first-order valence-electron chi connectivity index (χ1n) is 6.63. The molecule has 3 aromatic heterocycles. The second kappa shape index (κ2) is 5.44. The number of pyridine rings is 1. The highest BCUT2D eigenvalue weighted by molar-refractivity contribution is 6.01. The summed E-state index contributed by atoms with van der Waals surface area (Å²) in [5.41, 5.74) is 2.98. The maximum absolute atomic E-state index is 11.3. The van der Waals surface area contributed by atoms with Crippen molar-refractivity contribution in [3.63, 3.8) is 0 Å². The molecule has 1 N–H and O–H groups in total. The summed E-state index contributed by atoms with van der Waals surface area (Å²) in [6, 6.07) is 3.61. The molecule has 22 heavy (non-hydrogen) atoms. The highest BCUT2D eigenvalue weighted by atomic mass is 16.5. The van der Waals surface area contributed by atoms with E-state index >= 15 is 0 Å². The fraction of sp³-hybridized carbons (Fsp3) is 0.200. The number of methoxy groups -OCH3 is 1. The van der Waals surface area contributed by atoms with Crippen molar-refractivity contribution in [1.82, 2.24) is 19.5 Å². The van der Waals surface area contributed by atoms with Gasteiger partial charge in [0.25, 0.3) is 0 Å². The zero-order valence-corrected chi connectivity index (χ0v) is 12.1. The van der Waals surface area contributed by atoms with E-state index in [4.69, 9.17) is 4.74 Å². The molecule has 0 fully saturated rings. The third kappa shape index (κ3) is 2.26. The molecule has 7 heteroatoms. The van der Waals surface area contributed by atoms with E-state index in [-0.39, 0.29) is 5.56 Å². The highest BCUT2D eigenvalue weighted by Crippen LogP contribution is 2.22. The third-order valence-corrected chi connectivity index (χ3v) is 3.52. The first kappa shape index (κ1) is 14.0. The molecular weight excluding hydrogens is 284 g/mol. The average molecular weight is 298 g/mol. The van der Waals surface area contributed by atoms with Gasteiger partial charge >= 0.3 is 5.97 Å². The van der Waals surface area contributed by atoms with Crippen molar-refractivity contribution in [3.05, 3.63) is 47.7 Å². The van der Waals surface area contributed by atoms with E-state index in [1.165, 1.54) is 6.33 Å². The molecule has 0 radical (unpaired) electrons. The molecule has 0 bridgehead atoms. The summed E-state index contributed by atoms with van der Waals surface area (Å²) in [4.78, 5) is 23.8. The van der Waals surface area contributed by atoms with Crippen molar-refractivity contribution in [2.75, 3.05) is 7.11 Å². The molecule has 112 valence electrons. The average Bonchev–Trinajstić information content (AvgIpc) is 2.89. The maximum Gasteiger partial charge on any atom is 0.339 e. The van der Waals surface area contributed by atoms with Crippen LogP contribution < -0.4 is 4.74 Å². The molecule has 0 saturated heterocycles. The Morgan fingerprint density at radius 3 is 2.91 bits per heavy atom. The standard InChI is InChI=1S/C15H14N4O3/c1-9-11(17-8-18-14(9)22-2)7-19-6-10(15(20)21)13-12(19)4-3-5-16-13/h3-6,8H,7H2,1-2H3,(H,20,21). The first-order valence-corrected chi connectivity index (χ1v) is 6.63. The van der Waals surface area contributed by atoms with E-state index in [2.05, 4.69) is 15.0 Å². The minimum atomic E-state index is -1.00. The fourth-order valence-corrected chi connectivity index (χ4v) is 2.40. The van der Waals surface area contributed by atoms with Gasteiger partial charge < -0.3 is 14.4 Å². The zero-order valence-electron chi connectivity index (χ0n) is 12.1. The van der Waals surface area contributed by atoms with Crippen LogP contribution in [0.15, 0.2) is 30.9 Å². The molecule has 0 aliphatic rings. The SMILES string of the molecule is COc1ncnc(Cn2cc(C(=O)O)c3ncccc32)c1C. The number of nitrogens with zero attached hydrogens (tertiary/aromatic N) is 4. The van der Waals surface area contributed by atoms with Crippen molar-refractivity contribution in [2.45, 2.75) is 13.5 Å². The number of hydrogen-bond acceptors (Lipinski definition) is 5. The van der Waals surface area contributed by atoms with Crippen LogP contribution in [0.25, 0.3) is 11.0 Å². The summed E-state index contributed by atoms with van der Waals surface area (Å²) in [6.45, 7) is 2.29. The Morgan fingerprint density at radius 2 is 2.18 bits per heavy atom. The molecule has 0 aromatic carbocycles. The van der Waals surface area contributed by atoms with Gasteiger partial charge in [-0.2, -0.15) is 0 Å². The van der Waals surface area contributed by atoms with Crippen molar-refractivity contribution < 1.29 is 14.6 Å². The third-order valence-electron chi connectivity index (χ3n) is 3.52. The molecule has 3 aromatic rings. The van der Waals surface area contributed by atoms with Gasteiger partial charge in [-0.15, -0.1) is 0 Å². The maximum atomic E-state index is 11.3. The molecule has 7 nitrogen and oxygen atoms in total. The number of hydrogen-bond donors (Lipinski definition) is 1. The van der Waals surface area contributed by atoms with Crippen molar-refractivity contribution >= 4 is 17.0 Å². The van der Waals surface area contributed by atoms with Crippen molar-refractivity contribution in [3.8, 4) is 5.88 Å². The molecule has 0 spiro atoms. The summed E-state index contributed by atoms with van der Waals surface area (Å²) in [7, 11) is 1.55. The van der Waals surface area contributed by atoms with Gasteiger partial charge in [0.15, 0.2) is 0 Å². The zero-order chi connectivity index (χ0) is 15.7. The van der Waals surface area contributed by atoms with Crippen molar-refractivity contribution in [2.24, 2.45) is 0 Å². The number of ether oxygens (including phenoxy) is 1. The van der Waals surface area contributed by atoms with Gasteiger partial charge in [0, 0.05) is 18.0 Å². The van der Waals surface area contributed by atoms with E-state index in [0.29, 0.717) is 17.9 Å². The number of carboxylic acids is 1. The van der Waals surface area contributed by atoms with Crippen LogP contribution in [0.5, 0.6) is 5.88 Å². The van der Waals surface area contributed by atoms with Crippen LogP contribution >= 0.6 is 0 Å². The molecule has 0 aliphatic carbocycles. The topological polar surface area (TPSA) is 90.1 Å². The molecule has 0 unspecified atom stereocenters. The quantitative estimate of drug-likeness (QED) is 0.791. The Balaban J connectivity index is 2.10. The Bertz CT molecular complexity index is 857. The van der Waals surface area contributed by atoms with Crippen LogP contribution in [0.1, 0.15) is 21.6 Å². The lowest BCUT2D eigenvalue weighted by atomic mass is 10.2. The van der Waals surface area contributed by atoms with E-state index < -0.39 is 5.97 Å². The van der Waals surface area contributed by atoms with Gasteiger partial charge in [-0.25, -0.2) is 14.8 Å². The van der Waals surface area contributed by atoms with Gasteiger partial charge in [0.1, 0.15) is 17.4 Å². The Labute approximate surface area is 126 Å². The minimum Gasteiger partial charge on any atom is -0.481 e. The van der Waals surface area contributed by atoms with Gasteiger partial charge in [-0.3, -0.25) is 4.98 Å². The number of rotatable bonds is 4. The second-order valence-corrected chi connectivity index (χ2v) is 4.80. The van der Waals surface area contributed by atoms with E-state index in [9.17, 15) is 9.90 Å². The highest BCUT2D eigenvalue weighted by Gasteiger charge is 2.16. The number of aromatic carboxylic acids is 1. The van der Waals surface area contributed by atoms with E-state index in [0.717, 1.165) is 16.8 Å². The molecular formula is C15H14N4O3. The van der Waals surface area contributed by atoms with Gasteiger partial charge in [0.05, 0.1) is 24.9 Å². The van der Waals surface area contributed by atoms with Crippen LogP contribution in [0, 0.1) is 6.92 Å². The Morgan fingerprint density at radius 1 is 1.36 bits per heavy atom. The molecule has 3 rings (SSSR count). The summed E-state index contributed by atoms with van der Waals surface area (Å²) in [6.07, 6.45) is 4.59. The molecule has 0 atom stereocenters. The Kier molecular flexibility index (Phi) is 3.46. The summed E-state index contributed by atoms with van der Waals surface area (Å²) >= 11 is 0. The van der Waals surface area contributed by atoms with Crippen LogP contribution in [-0.2, 0) is 6.54 Å². The number of carbonyl (C=O) groups is 1. The minimum absolute atomic E-state index is 0.175. The predicted molar refractivity (Wildman–Crippen MR) is 79.1 cm³/mol. The molecule has 0 aliphatic heterocycles. The van der Waals surface area contributed by atoms with Crippen molar-refractivity contribution in [1.29, 1.82) is 0 Å². The normalized spacial score (nSPS) is 10.8. The van der Waals surface area contributed by atoms with Gasteiger partial charge in [-0.05, 0) is 19.1 Å². The molecule has 0 amide bonds. The van der Waals surface area contributed by atoms with Crippen LogP contribution in [0.4, 0.5) is 0 Å². The smallest absolute Gasteiger partial charge is 0.339 e. The number of aromatic nitrogens is 4. The lowest BCUT2D eigenvalue weighted by molar-refractivity contribution is 0.0698. The second-order valence-electron chi connectivity index (χ2n) is 4.80. The Hall–Kier alpha value is -2.96. The predicted octanol–water partition coefficient (Wildman–Crippen LogP) is 1.89. The first-order chi connectivity index (χ1) is 10.6. The lowest BCUT2D eigenvalue weighted by Crippen LogP contribution is -2.05. The van der Waals surface area contributed by atoms with Crippen LogP contribution in [-0.4, -0.2) is 37.7 Å². The molecule has 3 heterocycles. The van der Waals surface area contributed by atoms with Crippen LogP contribution in [0.2, 0.25) is 0 Å². The van der Waals surface area contributed by atoms with Gasteiger partial charge in [0.2, 0.25) is 5.88 Å². The fourth-order valence-electron chi connectivity index (χ4n) is 2.40. The van der Waals surface area contributed by atoms with Gasteiger partial charge in [-0.1, -0.05) is 0 Å². The monoisotopic (exact) mass is 298 g/mol. The summed E-state index contributed by atoms with van der Waals surface area (Å²) in [5, 5.41) is 9.30. The van der Waals surface area contributed by atoms with Crippen LogP contribution in [0.3, 0.4) is 0 Å². The van der Waals surface area contributed by atoms with E-state index in [1.54, 1.807) is 25.6 Å². The molecule has 0 saturated carbocycles. The number of carboxylic acid groups (broad SMARTS) is 1. The van der Waals surface area contributed by atoms with E-state index in [1.807, 2.05) is 17.6 Å². The lowest BCUT2D eigenvalue weighted by Gasteiger charge is -2.09. The number of fused-ring (bicyclic) bond motifs is 1. The summed E-state index contributed by atoms with van der Waals surface area (Å²) < 4.78 is 7.01.